The molecule has 1 N–H and O–H groups in total. The maximum atomic E-state index is 10.0. The van der Waals surface area contributed by atoms with Gasteiger partial charge in [-0.2, -0.15) is 5.10 Å². The van der Waals surface area contributed by atoms with Crippen molar-refractivity contribution in [3.63, 3.8) is 0 Å². The Kier molecular flexibility index (Phi) is 3.87. The first kappa shape index (κ1) is 12.6. The molecule has 0 aliphatic heterocycles. The van der Waals surface area contributed by atoms with Gasteiger partial charge in [-0.1, -0.05) is 19.3 Å². The second-order valence-electron chi connectivity index (χ2n) is 5.50. The van der Waals surface area contributed by atoms with Crippen molar-refractivity contribution in [2.75, 3.05) is 0 Å². The minimum absolute atomic E-state index is 0.126. The minimum atomic E-state index is -0.126. The largest absolute Gasteiger partial charge is 0.393 e. The molecule has 1 fully saturated rings. The van der Waals surface area contributed by atoms with Crippen molar-refractivity contribution >= 4 is 0 Å². The molecular weight excluding hydrogens is 212 g/mol. The van der Waals surface area contributed by atoms with E-state index in [2.05, 4.69) is 18.9 Å². The van der Waals surface area contributed by atoms with E-state index in [1.807, 2.05) is 11.7 Å². The van der Waals surface area contributed by atoms with E-state index in [9.17, 15) is 5.11 Å². The summed E-state index contributed by atoms with van der Waals surface area (Å²) in [6.45, 7) is 4.16. The zero-order chi connectivity index (χ0) is 12.4. The van der Waals surface area contributed by atoms with Crippen LogP contribution in [0.5, 0.6) is 0 Å². The summed E-state index contributed by atoms with van der Waals surface area (Å²) < 4.78 is 1.93. The summed E-state index contributed by atoms with van der Waals surface area (Å²) in [7, 11) is 1.98. The van der Waals surface area contributed by atoms with Crippen molar-refractivity contribution in [2.24, 2.45) is 13.0 Å². The highest BCUT2D eigenvalue weighted by Gasteiger charge is 2.21. The number of aromatic nitrogens is 2. The van der Waals surface area contributed by atoms with Crippen LogP contribution in [0.1, 0.15) is 49.1 Å². The van der Waals surface area contributed by atoms with Gasteiger partial charge in [-0.05, 0) is 44.6 Å². The number of aliphatic hydroxyl groups is 1. The number of nitrogens with zero attached hydrogens (tertiary/aromatic N) is 2. The van der Waals surface area contributed by atoms with Crippen molar-refractivity contribution in [1.82, 2.24) is 9.78 Å². The van der Waals surface area contributed by atoms with Crippen LogP contribution >= 0.6 is 0 Å². The number of rotatable bonds is 5. The molecule has 1 atom stereocenters. The molecule has 0 amide bonds. The molecule has 3 heteroatoms. The first-order valence-electron chi connectivity index (χ1n) is 6.75. The molecule has 0 saturated heterocycles. The molecule has 1 heterocycles. The van der Waals surface area contributed by atoms with Crippen molar-refractivity contribution in [2.45, 2.75) is 58.5 Å². The molecule has 0 aromatic carbocycles. The minimum Gasteiger partial charge on any atom is -0.393 e. The molecule has 0 radical (unpaired) electrons. The Bertz CT molecular complexity index is 380. The van der Waals surface area contributed by atoms with Crippen LogP contribution in [-0.2, 0) is 13.5 Å². The first-order chi connectivity index (χ1) is 8.08. The highest BCUT2D eigenvalue weighted by molar-refractivity contribution is 5.24. The molecule has 17 heavy (non-hydrogen) atoms. The summed E-state index contributed by atoms with van der Waals surface area (Å²) in [6, 6.07) is 0. The lowest BCUT2D eigenvalue weighted by molar-refractivity contribution is 0.110. The van der Waals surface area contributed by atoms with Crippen LogP contribution < -0.4 is 0 Å². The van der Waals surface area contributed by atoms with Gasteiger partial charge in [-0.15, -0.1) is 0 Å². The highest BCUT2D eigenvalue weighted by Crippen LogP contribution is 2.31. The van der Waals surface area contributed by atoms with Gasteiger partial charge < -0.3 is 5.11 Å². The second-order valence-corrected chi connectivity index (χ2v) is 5.50. The zero-order valence-electron chi connectivity index (χ0n) is 11.2. The molecule has 1 aromatic heterocycles. The van der Waals surface area contributed by atoms with E-state index in [0.717, 1.165) is 30.9 Å². The number of aryl methyl sites for hydroxylation is 2. The van der Waals surface area contributed by atoms with Crippen LogP contribution in [0.2, 0.25) is 0 Å². The maximum absolute atomic E-state index is 10.0. The summed E-state index contributed by atoms with van der Waals surface area (Å²) >= 11 is 0. The van der Waals surface area contributed by atoms with E-state index >= 15 is 0 Å². The van der Waals surface area contributed by atoms with Crippen molar-refractivity contribution < 1.29 is 5.11 Å². The quantitative estimate of drug-likeness (QED) is 0.853. The Morgan fingerprint density at radius 2 is 2.12 bits per heavy atom. The van der Waals surface area contributed by atoms with Gasteiger partial charge in [-0.25, -0.2) is 0 Å². The molecule has 1 saturated carbocycles. The van der Waals surface area contributed by atoms with Gasteiger partial charge in [0.15, 0.2) is 0 Å². The molecule has 0 bridgehead atoms. The zero-order valence-corrected chi connectivity index (χ0v) is 11.2. The molecule has 96 valence electrons. The SMILES string of the molecule is Cc1nn(C)c(C)c1CCC(O)CC1CCC1. The standard InChI is InChI=1S/C14H24N2O/c1-10-14(11(2)16(3)15-10)8-7-13(17)9-12-5-4-6-12/h12-13,17H,4-9H2,1-3H3. The summed E-state index contributed by atoms with van der Waals surface area (Å²) in [5.74, 6) is 0.793. The average molecular weight is 236 g/mol. The van der Waals surface area contributed by atoms with Gasteiger partial charge in [0.2, 0.25) is 0 Å². The third-order valence-corrected chi connectivity index (χ3v) is 4.22. The molecule has 1 aliphatic carbocycles. The summed E-state index contributed by atoms with van der Waals surface area (Å²) in [5, 5.41) is 14.4. The maximum Gasteiger partial charge on any atom is 0.0628 e. The Morgan fingerprint density at radius 1 is 1.41 bits per heavy atom. The van der Waals surface area contributed by atoms with Crippen LogP contribution in [0.15, 0.2) is 0 Å². The van der Waals surface area contributed by atoms with Crippen LogP contribution in [0.3, 0.4) is 0 Å². The Balaban J connectivity index is 1.83. The van der Waals surface area contributed by atoms with E-state index in [1.54, 1.807) is 0 Å². The predicted octanol–water partition coefficient (Wildman–Crippen LogP) is 2.52. The monoisotopic (exact) mass is 236 g/mol. The molecule has 1 aromatic rings. The number of aliphatic hydroxyl groups excluding tert-OH is 1. The predicted molar refractivity (Wildman–Crippen MR) is 69.0 cm³/mol. The lowest BCUT2D eigenvalue weighted by Crippen LogP contribution is -2.19. The molecule has 0 spiro atoms. The average Bonchev–Trinajstić information content (AvgIpc) is 2.45. The van der Waals surface area contributed by atoms with Gasteiger partial charge in [0.05, 0.1) is 11.8 Å². The van der Waals surface area contributed by atoms with Crippen molar-refractivity contribution in [3.05, 3.63) is 17.0 Å². The van der Waals surface area contributed by atoms with E-state index in [-0.39, 0.29) is 6.10 Å². The normalized spacial score (nSPS) is 18.1. The fourth-order valence-corrected chi connectivity index (χ4v) is 2.72. The fraction of sp³-hybridized carbons (Fsp3) is 0.786. The third kappa shape index (κ3) is 2.89. The smallest absolute Gasteiger partial charge is 0.0628 e. The fourth-order valence-electron chi connectivity index (χ4n) is 2.72. The summed E-state index contributed by atoms with van der Waals surface area (Å²) in [4.78, 5) is 0. The van der Waals surface area contributed by atoms with Crippen LogP contribution in [0, 0.1) is 19.8 Å². The van der Waals surface area contributed by atoms with Crippen molar-refractivity contribution in [3.8, 4) is 0 Å². The Morgan fingerprint density at radius 3 is 2.59 bits per heavy atom. The Hall–Kier alpha value is -0.830. The van der Waals surface area contributed by atoms with E-state index < -0.39 is 0 Å². The van der Waals surface area contributed by atoms with Gasteiger partial charge >= 0.3 is 0 Å². The number of hydrogen-bond donors (Lipinski definition) is 1. The molecule has 2 rings (SSSR count). The Labute approximate surface area is 104 Å². The van der Waals surface area contributed by atoms with Gasteiger partial charge in [-0.3, -0.25) is 4.68 Å². The van der Waals surface area contributed by atoms with E-state index in [1.165, 1.54) is 30.5 Å². The van der Waals surface area contributed by atoms with Crippen molar-refractivity contribution in [1.29, 1.82) is 0 Å². The topological polar surface area (TPSA) is 38.0 Å². The number of hydrogen-bond acceptors (Lipinski definition) is 2. The molecular formula is C14H24N2O. The van der Waals surface area contributed by atoms with Crippen LogP contribution in [0.4, 0.5) is 0 Å². The second kappa shape index (κ2) is 5.21. The molecule has 3 nitrogen and oxygen atoms in total. The summed E-state index contributed by atoms with van der Waals surface area (Å²) in [6.07, 6.45) is 6.71. The lowest BCUT2D eigenvalue weighted by atomic mass is 9.80. The molecule has 1 unspecified atom stereocenters. The highest BCUT2D eigenvalue weighted by atomic mass is 16.3. The van der Waals surface area contributed by atoms with Gasteiger partial charge in [0.25, 0.3) is 0 Å². The third-order valence-electron chi connectivity index (χ3n) is 4.22. The van der Waals surface area contributed by atoms with Gasteiger partial charge in [0.1, 0.15) is 0 Å². The first-order valence-corrected chi connectivity index (χ1v) is 6.75. The molecule has 1 aliphatic rings. The van der Waals surface area contributed by atoms with Crippen LogP contribution in [-0.4, -0.2) is 21.0 Å². The lowest BCUT2D eigenvalue weighted by Gasteiger charge is -2.27. The van der Waals surface area contributed by atoms with Gasteiger partial charge in [0, 0.05) is 12.7 Å². The summed E-state index contributed by atoms with van der Waals surface area (Å²) in [5.41, 5.74) is 3.67. The van der Waals surface area contributed by atoms with E-state index in [0.29, 0.717) is 0 Å². The van der Waals surface area contributed by atoms with E-state index in [4.69, 9.17) is 0 Å². The van der Waals surface area contributed by atoms with Crippen LogP contribution in [0.25, 0.3) is 0 Å².